The summed E-state index contributed by atoms with van der Waals surface area (Å²) >= 11 is 0. The summed E-state index contributed by atoms with van der Waals surface area (Å²) < 4.78 is 5.72. The highest BCUT2D eigenvalue weighted by Gasteiger charge is 2.43. The normalized spacial score (nSPS) is 34.7. The molecular formula is C13H22O2. The van der Waals surface area contributed by atoms with Crippen molar-refractivity contribution in [2.24, 2.45) is 11.3 Å². The Balaban J connectivity index is 1.82. The van der Waals surface area contributed by atoms with E-state index in [1.165, 1.54) is 6.42 Å². The van der Waals surface area contributed by atoms with Crippen molar-refractivity contribution in [3.8, 4) is 0 Å². The second kappa shape index (κ2) is 3.89. The molecule has 2 aliphatic rings. The van der Waals surface area contributed by atoms with Gasteiger partial charge in [-0.15, -0.1) is 0 Å². The van der Waals surface area contributed by atoms with Crippen LogP contribution in [0.2, 0.25) is 0 Å². The summed E-state index contributed by atoms with van der Waals surface area (Å²) in [6.07, 6.45) is 5.68. The molecule has 2 heteroatoms. The minimum atomic E-state index is 0.228. The molecule has 0 aliphatic carbocycles. The molecule has 3 unspecified atom stereocenters. The number of ether oxygens (including phenoxy) is 1. The molecule has 0 saturated carbocycles. The molecule has 2 rings (SSSR count). The third-order valence-electron chi connectivity index (χ3n) is 3.64. The van der Waals surface area contributed by atoms with Crippen molar-refractivity contribution < 1.29 is 9.53 Å². The molecule has 2 nitrogen and oxygen atoms in total. The zero-order valence-electron chi connectivity index (χ0n) is 10.1. The molecule has 2 fully saturated rings. The van der Waals surface area contributed by atoms with Crippen LogP contribution in [0.4, 0.5) is 0 Å². The van der Waals surface area contributed by atoms with Gasteiger partial charge in [-0.05, 0) is 31.1 Å². The Morgan fingerprint density at radius 2 is 2.07 bits per heavy atom. The molecule has 0 aromatic rings. The van der Waals surface area contributed by atoms with Gasteiger partial charge in [-0.25, -0.2) is 0 Å². The fourth-order valence-corrected chi connectivity index (χ4v) is 2.66. The lowest BCUT2D eigenvalue weighted by Crippen LogP contribution is -2.26. The van der Waals surface area contributed by atoms with Crippen molar-refractivity contribution in [3.63, 3.8) is 0 Å². The lowest BCUT2D eigenvalue weighted by atomic mass is 9.82. The van der Waals surface area contributed by atoms with Crippen LogP contribution in [0.3, 0.4) is 0 Å². The van der Waals surface area contributed by atoms with Crippen molar-refractivity contribution >= 4 is 5.78 Å². The van der Waals surface area contributed by atoms with E-state index in [4.69, 9.17) is 4.74 Å². The Morgan fingerprint density at radius 1 is 1.33 bits per heavy atom. The number of fused-ring (bicyclic) bond motifs is 2. The molecule has 2 heterocycles. The average molecular weight is 210 g/mol. The second-order valence-corrected chi connectivity index (χ2v) is 6.24. The Labute approximate surface area is 92.4 Å². The summed E-state index contributed by atoms with van der Waals surface area (Å²) in [7, 11) is 0. The van der Waals surface area contributed by atoms with E-state index in [2.05, 4.69) is 20.8 Å². The molecule has 0 aromatic heterocycles. The van der Waals surface area contributed by atoms with Crippen LogP contribution in [0.25, 0.3) is 0 Å². The molecule has 3 atom stereocenters. The van der Waals surface area contributed by atoms with Gasteiger partial charge in [0.1, 0.15) is 5.78 Å². The summed E-state index contributed by atoms with van der Waals surface area (Å²) in [5.74, 6) is 0.670. The zero-order valence-corrected chi connectivity index (χ0v) is 10.1. The molecule has 15 heavy (non-hydrogen) atoms. The molecule has 2 bridgehead atoms. The van der Waals surface area contributed by atoms with Gasteiger partial charge < -0.3 is 4.74 Å². The van der Waals surface area contributed by atoms with E-state index >= 15 is 0 Å². The predicted molar refractivity (Wildman–Crippen MR) is 59.7 cm³/mol. The molecule has 0 N–H and O–H groups in total. The van der Waals surface area contributed by atoms with Gasteiger partial charge in [0, 0.05) is 12.3 Å². The fourth-order valence-electron chi connectivity index (χ4n) is 2.66. The first-order chi connectivity index (χ1) is 6.96. The molecule has 0 spiro atoms. The maximum absolute atomic E-state index is 12.0. The molecule has 86 valence electrons. The van der Waals surface area contributed by atoms with Gasteiger partial charge in [-0.3, -0.25) is 4.79 Å². The van der Waals surface area contributed by atoms with Crippen LogP contribution in [0.1, 0.15) is 52.9 Å². The highest BCUT2D eigenvalue weighted by Crippen LogP contribution is 2.40. The fraction of sp³-hybridized carbons (Fsp3) is 0.923. The first-order valence-electron chi connectivity index (χ1n) is 6.14. The van der Waals surface area contributed by atoms with Crippen LogP contribution in [-0.2, 0) is 9.53 Å². The van der Waals surface area contributed by atoms with Crippen LogP contribution in [0.5, 0.6) is 0 Å². The van der Waals surface area contributed by atoms with E-state index in [0.29, 0.717) is 11.9 Å². The topological polar surface area (TPSA) is 26.3 Å². The molecular weight excluding hydrogens is 188 g/mol. The van der Waals surface area contributed by atoms with E-state index < -0.39 is 0 Å². The summed E-state index contributed by atoms with van der Waals surface area (Å²) in [6, 6.07) is 0. The molecule has 2 aliphatic heterocycles. The van der Waals surface area contributed by atoms with Gasteiger partial charge in [-0.1, -0.05) is 20.8 Å². The third-order valence-corrected chi connectivity index (χ3v) is 3.64. The number of carbonyl (C=O) groups is 1. The number of hydrogen-bond acceptors (Lipinski definition) is 2. The highest BCUT2D eigenvalue weighted by molar-refractivity contribution is 5.82. The van der Waals surface area contributed by atoms with E-state index in [-0.39, 0.29) is 17.4 Å². The van der Waals surface area contributed by atoms with Gasteiger partial charge in [-0.2, -0.15) is 0 Å². The van der Waals surface area contributed by atoms with E-state index in [0.717, 1.165) is 25.7 Å². The van der Waals surface area contributed by atoms with Crippen molar-refractivity contribution in [2.45, 2.75) is 65.1 Å². The van der Waals surface area contributed by atoms with Crippen molar-refractivity contribution in [3.05, 3.63) is 0 Å². The maximum Gasteiger partial charge on any atom is 0.138 e. The van der Waals surface area contributed by atoms with E-state index in [1.807, 2.05) is 0 Å². The Kier molecular flexibility index (Phi) is 2.89. The second-order valence-electron chi connectivity index (χ2n) is 6.24. The lowest BCUT2D eigenvalue weighted by Gasteiger charge is -2.21. The summed E-state index contributed by atoms with van der Waals surface area (Å²) in [5.41, 5.74) is 0.272. The molecule has 2 saturated heterocycles. The van der Waals surface area contributed by atoms with Crippen LogP contribution < -0.4 is 0 Å². The van der Waals surface area contributed by atoms with Gasteiger partial charge >= 0.3 is 0 Å². The van der Waals surface area contributed by atoms with Crippen molar-refractivity contribution in [1.82, 2.24) is 0 Å². The van der Waals surface area contributed by atoms with Crippen LogP contribution in [0.15, 0.2) is 0 Å². The summed E-state index contributed by atoms with van der Waals surface area (Å²) in [4.78, 5) is 12.0. The smallest absolute Gasteiger partial charge is 0.138 e. The first kappa shape index (κ1) is 11.1. The van der Waals surface area contributed by atoms with Crippen molar-refractivity contribution in [2.75, 3.05) is 0 Å². The Morgan fingerprint density at radius 3 is 2.53 bits per heavy atom. The van der Waals surface area contributed by atoms with Crippen LogP contribution in [-0.4, -0.2) is 18.0 Å². The van der Waals surface area contributed by atoms with Crippen LogP contribution >= 0.6 is 0 Å². The summed E-state index contributed by atoms with van der Waals surface area (Å²) in [5, 5.41) is 0. The van der Waals surface area contributed by atoms with Gasteiger partial charge in [0.2, 0.25) is 0 Å². The highest BCUT2D eigenvalue weighted by atomic mass is 16.5. The van der Waals surface area contributed by atoms with E-state index in [1.54, 1.807) is 0 Å². The Bertz CT molecular complexity index is 252. The number of carbonyl (C=O) groups excluding carboxylic acids is 1. The number of hydrogen-bond donors (Lipinski definition) is 0. The predicted octanol–water partition coefficient (Wildman–Crippen LogP) is 2.95. The Hall–Kier alpha value is -0.370. The van der Waals surface area contributed by atoms with E-state index in [9.17, 15) is 4.79 Å². The third kappa shape index (κ3) is 2.60. The molecule has 0 amide bonds. The lowest BCUT2D eigenvalue weighted by molar-refractivity contribution is -0.124. The largest absolute Gasteiger partial charge is 0.374 e. The van der Waals surface area contributed by atoms with Gasteiger partial charge in [0.15, 0.2) is 0 Å². The standard InChI is InChI=1S/C13H22O2/c1-13(2,3)7-6-11(14)10-8-9-4-5-12(10)15-9/h9-10,12H,4-8H2,1-3H3. The van der Waals surface area contributed by atoms with Crippen LogP contribution in [0, 0.1) is 11.3 Å². The first-order valence-corrected chi connectivity index (χ1v) is 6.14. The minimum Gasteiger partial charge on any atom is -0.374 e. The monoisotopic (exact) mass is 210 g/mol. The quantitative estimate of drug-likeness (QED) is 0.716. The zero-order chi connectivity index (χ0) is 11.1. The minimum absolute atomic E-state index is 0.228. The van der Waals surface area contributed by atoms with Gasteiger partial charge in [0.25, 0.3) is 0 Å². The maximum atomic E-state index is 12.0. The number of ketones is 1. The van der Waals surface area contributed by atoms with Crippen molar-refractivity contribution in [1.29, 1.82) is 0 Å². The number of Topliss-reactive ketones (excluding diaryl/α,β-unsaturated/α-hetero) is 1. The average Bonchev–Trinajstić information content (AvgIpc) is 2.73. The number of rotatable bonds is 3. The molecule has 0 aromatic carbocycles. The SMILES string of the molecule is CC(C)(C)CCC(=O)C1CC2CCC1O2. The summed E-state index contributed by atoms with van der Waals surface area (Å²) in [6.45, 7) is 6.58. The molecule has 0 radical (unpaired) electrons. The van der Waals surface area contributed by atoms with Gasteiger partial charge in [0.05, 0.1) is 12.2 Å².